The van der Waals surface area contributed by atoms with Crippen LogP contribution in [-0.2, 0) is 4.74 Å². The highest BCUT2D eigenvalue weighted by molar-refractivity contribution is 4.94. The van der Waals surface area contributed by atoms with Crippen molar-refractivity contribution in [2.45, 2.75) is 96.7 Å². The first-order valence-corrected chi connectivity index (χ1v) is 9.00. The molecule has 0 aromatic carbocycles. The minimum Gasteiger partial charge on any atom is -0.372 e. The largest absolute Gasteiger partial charge is 0.372 e. The monoisotopic (exact) mass is 281 g/mol. The maximum Gasteiger partial charge on any atom is 0.0687 e. The second kappa shape index (κ2) is 7.26. The van der Waals surface area contributed by atoms with E-state index in [1.54, 1.807) is 0 Å². The molecule has 2 aliphatic rings. The fourth-order valence-corrected chi connectivity index (χ4v) is 4.41. The van der Waals surface area contributed by atoms with Crippen LogP contribution < -0.4 is 5.32 Å². The van der Waals surface area contributed by atoms with Crippen LogP contribution in [0.4, 0.5) is 0 Å². The molecule has 2 unspecified atom stereocenters. The first-order valence-electron chi connectivity index (χ1n) is 9.00. The van der Waals surface area contributed by atoms with Gasteiger partial charge in [0, 0.05) is 6.54 Å². The third-order valence-electron chi connectivity index (χ3n) is 5.41. The van der Waals surface area contributed by atoms with Gasteiger partial charge in [0.25, 0.3) is 0 Å². The maximum atomic E-state index is 6.53. The van der Waals surface area contributed by atoms with Gasteiger partial charge in [-0.3, -0.25) is 0 Å². The van der Waals surface area contributed by atoms with Crippen LogP contribution in [0.2, 0.25) is 0 Å². The van der Waals surface area contributed by atoms with E-state index in [9.17, 15) is 0 Å². The molecule has 1 saturated heterocycles. The summed E-state index contributed by atoms with van der Waals surface area (Å²) in [6.07, 6.45) is 13.6. The zero-order valence-corrected chi connectivity index (χ0v) is 14.0. The Morgan fingerprint density at radius 2 is 1.90 bits per heavy atom. The summed E-state index contributed by atoms with van der Waals surface area (Å²) in [6.45, 7) is 9.32. The summed E-state index contributed by atoms with van der Waals surface area (Å²) in [5.74, 6) is 0. The predicted molar refractivity (Wildman–Crippen MR) is 86.1 cm³/mol. The van der Waals surface area contributed by atoms with Crippen molar-refractivity contribution in [1.29, 1.82) is 0 Å². The first-order chi connectivity index (χ1) is 9.61. The zero-order valence-electron chi connectivity index (χ0n) is 14.0. The van der Waals surface area contributed by atoms with Gasteiger partial charge in [0.05, 0.1) is 11.7 Å². The second-order valence-electron chi connectivity index (χ2n) is 7.61. The van der Waals surface area contributed by atoms with Crippen molar-refractivity contribution in [2.24, 2.45) is 5.41 Å². The molecule has 0 amide bonds. The Morgan fingerprint density at radius 3 is 2.55 bits per heavy atom. The third-order valence-corrected chi connectivity index (χ3v) is 5.41. The van der Waals surface area contributed by atoms with Gasteiger partial charge in [-0.25, -0.2) is 0 Å². The lowest BCUT2D eigenvalue weighted by Gasteiger charge is -2.33. The van der Waals surface area contributed by atoms with Gasteiger partial charge in [0.1, 0.15) is 0 Å². The van der Waals surface area contributed by atoms with Gasteiger partial charge in [-0.15, -0.1) is 0 Å². The Labute approximate surface area is 126 Å². The standard InChI is InChI=1S/C18H35NO/c1-4-9-17(3,15-19-13-5-2)14-16-8-12-18(20-16)10-6-7-11-18/h16,19H,4-15H2,1-3H3. The topological polar surface area (TPSA) is 21.3 Å². The Balaban J connectivity index is 1.84. The fraction of sp³-hybridized carbons (Fsp3) is 1.00. The molecule has 0 aromatic heterocycles. The molecule has 2 fully saturated rings. The SMILES string of the molecule is CCCNCC(C)(CCC)CC1CCC2(CCCC2)O1. The molecular formula is C18H35NO. The van der Waals surface area contributed by atoms with Crippen molar-refractivity contribution < 1.29 is 4.74 Å². The van der Waals surface area contributed by atoms with Crippen LogP contribution in [-0.4, -0.2) is 24.8 Å². The van der Waals surface area contributed by atoms with Crippen molar-refractivity contribution in [3.05, 3.63) is 0 Å². The third kappa shape index (κ3) is 4.21. The number of hydrogen-bond acceptors (Lipinski definition) is 2. The van der Waals surface area contributed by atoms with Crippen molar-refractivity contribution in [3.8, 4) is 0 Å². The minimum atomic E-state index is 0.300. The van der Waals surface area contributed by atoms with Gasteiger partial charge in [-0.1, -0.05) is 40.0 Å². The van der Waals surface area contributed by atoms with Crippen LogP contribution in [0, 0.1) is 5.41 Å². The normalized spacial score (nSPS) is 28.1. The molecule has 2 rings (SSSR count). The lowest BCUT2D eigenvalue weighted by Crippen LogP contribution is -2.36. The molecular weight excluding hydrogens is 246 g/mol. The van der Waals surface area contributed by atoms with Crippen molar-refractivity contribution >= 4 is 0 Å². The molecule has 1 spiro atoms. The lowest BCUT2D eigenvalue weighted by molar-refractivity contribution is -0.0526. The molecule has 2 atom stereocenters. The van der Waals surface area contributed by atoms with Gasteiger partial charge in [0.15, 0.2) is 0 Å². The Bertz CT molecular complexity index is 285. The Hall–Kier alpha value is -0.0800. The van der Waals surface area contributed by atoms with Crippen LogP contribution in [0.1, 0.15) is 85.0 Å². The summed E-state index contributed by atoms with van der Waals surface area (Å²) in [4.78, 5) is 0. The molecule has 1 N–H and O–H groups in total. The average Bonchev–Trinajstić information content (AvgIpc) is 3.01. The second-order valence-corrected chi connectivity index (χ2v) is 7.61. The van der Waals surface area contributed by atoms with Gasteiger partial charge in [-0.2, -0.15) is 0 Å². The van der Waals surface area contributed by atoms with E-state index in [1.807, 2.05) is 0 Å². The maximum absolute atomic E-state index is 6.53. The highest BCUT2D eigenvalue weighted by Gasteiger charge is 2.43. The number of hydrogen-bond donors (Lipinski definition) is 1. The van der Waals surface area contributed by atoms with E-state index in [0.29, 0.717) is 17.1 Å². The number of rotatable bonds is 8. The summed E-state index contributed by atoms with van der Waals surface area (Å²) < 4.78 is 6.53. The summed E-state index contributed by atoms with van der Waals surface area (Å²) in [7, 11) is 0. The molecule has 118 valence electrons. The van der Waals surface area contributed by atoms with Gasteiger partial charge < -0.3 is 10.1 Å². The molecule has 0 aromatic rings. The van der Waals surface area contributed by atoms with E-state index in [2.05, 4.69) is 26.1 Å². The number of ether oxygens (including phenoxy) is 1. The highest BCUT2D eigenvalue weighted by Crippen LogP contribution is 2.46. The Morgan fingerprint density at radius 1 is 1.15 bits per heavy atom. The molecule has 1 aliphatic heterocycles. The van der Waals surface area contributed by atoms with Gasteiger partial charge in [0.2, 0.25) is 0 Å². The van der Waals surface area contributed by atoms with Crippen LogP contribution in [0.15, 0.2) is 0 Å². The minimum absolute atomic E-state index is 0.300. The average molecular weight is 281 g/mol. The van der Waals surface area contributed by atoms with E-state index >= 15 is 0 Å². The van der Waals surface area contributed by atoms with E-state index < -0.39 is 0 Å². The van der Waals surface area contributed by atoms with Crippen LogP contribution >= 0.6 is 0 Å². The van der Waals surface area contributed by atoms with Crippen molar-refractivity contribution in [3.63, 3.8) is 0 Å². The van der Waals surface area contributed by atoms with Crippen LogP contribution in [0.5, 0.6) is 0 Å². The summed E-state index contributed by atoms with van der Waals surface area (Å²) in [5, 5.41) is 3.64. The lowest BCUT2D eigenvalue weighted by atomic mass is 9.79. The van der Waals surface area contributed by atoms with E-state index in [0.717, 1.165) is 13.1 Å². The Kier molecular flexibility index (Phi) is 5.92. The van der Waals surface area contributed by atoms with E-state index in [-0.39, 0.29) is 0 Å². The molecule has 0 radical (unpaired) electrons. The van der Waals surface area contributed by atoms with E-state index in [1.165, 1.54) is 64.2 Å². The van der Waals surface area contributed by atoms with Gasteiger partial charge >= 0.3 is 0 Å². The molecule has 1 aliphatic carbocycles. The highest BCUT2D eigenvalue weighted by atomic mass is 16.5. The fourth-order valence-electron chi connectivity index (χ4n) is 4.41. The number of nitrogens with one attached hydrogen (secondary N) is 1. The zero-order chi connectivity index (χ0) is 14.5. The molecule has 1 saturated carbocycles. The molecule has 1 heterocycles. The molecule has 2 heteroatoms. The molecule has 0 bridgehead atoms. The summed E-state index contributed by atoms with van der Waals surface area (Å²) in [6, 6.07) is 0. The summed E-state index contributed by atoms with van der Waals surface area (Å²) >= 11 is 0. The van der Waals surface area contributed by atoms with Crippen molar-refractivity contribution in [2.75, 3.05) is 13.1 Å². The van der Waals surface area contributed by atoms with Crippen LogP contribution in [0.25, 0.3) is 0 Å². The predicted octanol–water partition coefficient (Wildman–Crippen LogP) is 4.67. The van der Waals surface area contributed by atoms with Crippen LogP contribution in [0.3, 0.4) is 0 Å². The summed E-state index contributed by atoms with van der Waals surface area (Å²) in [5.41, 5.74) is 0.716. The first kappa shape index (κ1) is 16.3. The van der Waals surface area contributed by atoms with Crippen molar-refractivity contribution in [1.82, 2.24) is 5.32 Å². The smallest absolute Gasteiger partial charge is 0.0687 e. The quantitative estimate of drug-likeness (QED) is 0.653. The van der Waals surface area contributed by atoms with E-state index in [4.69, 9.17) is 4.74 Å². The molecule has 20 heavy (non-hydrogen) atoms. The van der Waals surface area contributed by atoms with Gasteiger partial charge in [-0.05, 0) is 56.9 Å². The molecule has 2 nitrogen and oxygen atoms in total.